The molecule has 5 nitrogen and oxygen atoms in total. The Bertz CT molecular complexity index is 420. The van der Waals surface area contributed by atoms with Crippen molar-refractivity contribution in [3.05, 3.63) is 23.8 Å². The first-order chi connectivity index (χ1) is 9.12. The molecule has 0 spiro atoms. The average molecular weight is 267 g/mol. The summed E-state index contributed by atoms with van der Waals surface area (Å²) in [6.07, 6.45) is 0.0121. The summed E-state index contributed by atoms with van der Waals surface area (Å²) >= 11 is 0. The van der Waals surface area contributed by atoms with Gasteiger partial charge in [0.05, 0.1) is 13.7 Å². The second-order valence-corrected chi connectivity index (χ2v) is 4.02. The molecule has 0 fully saturated rings. The van der Waals surface area contributed by atoms with Crippen LogP contribution in [0.15, 0.2) is 18.2 Å². The number of benzene rings is 1. The van der Waals surface area contributed by atoms with Gasteiger partial charge in [0.15, 0.2) is 6.10 Å². The van der Waals surface area contributed by atoms with Crippen molar-refractivity contribution < 1.29 is 19.0 Å². The highest BCUT2D eigenvalue weighted by molar-refractivity contribution is 5.74. The van der Waals surface area contributed by atoms with Gasteiger partial charge in [-0.2, -0.15) is 0 Å². The lowest BCUT2D eigenvalue weighted by Gasteiger charge is -2.17. The molecule has 1 aromatic rings. The SMILES string of the molecule is CCOC(=O)C(C)Oc1cc(OC)ccc1CCN. The molecule has 0 saturated heterocycles. The molecule has 0 aliphatic carbocycles. The van der Waals surface area contributed by atoms with Crippen LogP contribution < -0.4 is 15.2 Å². The molecule has 0 bridgehead atoms. The van der Waals surface area contributed by atoms with E-state index in [-0.39, 0.29) is 5.97 Å². The lowest BCUT2D eigenvalue weighted by molar-refractivity contribution is -0.150. The highest BCUT2D eigenvalue weighted by Crippen LogP contribution is 2.26. The van der Waals surface area contributed by atoms with Crippen LogP contribution >= 0.6 is 0 Å². The standard InChI is InChI=1S/C14H21NO4/c1-4-18-14(16)10(2)19-13-9-12(17-3)6-5-11(13)7-8-15/h5-6,9-10H,4,7-8,15H2,1-3H3. The van der Waals surface area contributed by atoms with Crippen molar-refractivity contribution in [2.75, 3.05) is 20.3 Å². The quantitative estimate of drug-likeness (QED) is 0.758. The summed E-state index contributed by atoms with van der Waals surface area (Å²) in [6, 6.07) is 5.48. The number of hydrogen-bond acceptors (Lipinski definition) is 5. The molecule has 5 heteroatoms. The summed E-state index contributed by atoms with van der Waals surface area (Å²) in [6.45, 7) is 4.26. The maximum Gasteiger partial charge on any atom is 0.347 e. The monoisotopic (exact) mass is 267 g/mol. The van der Waals surface area contributed by atoms with Crippen molar-refractivity contribution in [2.24, 2.45) is 5.73 Å². The van der Waals surface area contributed by atoms with E-state index >= 15 is 0 Å². The second-order valence-electron chi connectivity index (χ2n) is 4.02. The third kappa shape index (κ3) is 4.44. The van der Waals surface area contributed by atoms with Gasteiger partial charge in [0.25, 0.3) is 0 Å². The van der Waals surface area contributed by atoms with E-state index in [2.05, 4.69) is 0 Å². The van der Waals surface area contributed by atoms with Crippen LogP contribution in [0.4, 0.5) is 0 Å². The largest absolute Gasteiger partial charge is 0.497 e. The Morgan fingerprint density at radius 1 is 1.42 bits per heavy atom. The van der Waals surface area contributed by atoms with Gasteiger partial charge in [-0.05, 0) is 38.4 Å². The van der Waals surface area contributed by atoms with Crippen LogP contribution in [-0.4, -0.2) is 32.3 Å². The van der Waals surface area contributed by atoms with E-state index in [1.54, 1.807) is 27.0 Å². The molecule has 0 aliphatic rings. The fourth-order valence-corrected chi connectivity index (χ4v) is 1.63. The van der Waals surface area contributed by atoms with Gasteiger partial charge in [-0.25, -0.2) is 4.79 Å². The molecule has 0 heterocycles. The topological polar surface area (TPSA) is 70.8 Å². The van der Waals surface area contributed by atoms with Gasteiger partial charge in [0.1, 0.15) is 11.5 Å². The van der Waals surface area contributed by atoms with E-state index in [1.165, 1.54) is 0 Å². The fraction of sp³-hybridized carbons (Fsp3) is 0.500. The first-order valence-electron chi connectivity index (χ1n) is 6.32. The third-order valence-electron chi connectivity index (χ3n) is 2.61. The zero-order valence-electron chi connectivity index (χ0n) is 11.6. The van der Waals surface area contributed by atoms with Crippen LogP contribution in [0.25, 0.3) is 0 Å². The lowest BCUT2D eigenvalue weighted by Crippen LogP contribution is -2.26. The van der Waals surface area contributed by atoms with Crippen LogP contribution in [0.5, 0.6) is 11.5 Å². The first-order valence-corrected chi connectivity index (χ1v) is 6.32. The molecular weight excluding hydrogens is 246 g/mol. The first kappa shape index (κ1) is 15.3. The minimum absolute atomic E-state index is 0.334. The van der Waals surface area contributed by atoms with Gasteiger partial charge in [-0.15, -0.1) is 0 Å². The Kier molecular flexibility index (Phi) is 6.15. The van der Waals surface area contributed by atoms with Crippen molar-refractivity contribution in [3.63, 3.8) is 0 Å². The van der Waals surface area contributed by atoms with Crippen LogP contribution in [0.3, 0.4) is 0 Å². The number of rotatable bonds is 7. The van der Waals surface area contributed by atoms with Crippen molar-refractivity contribution in [3.8, 4) is 11.5 Å². The Labute approximate surface area is 113 Å². The molecule has 1 atom stereocenters. The van der Waals surface area contributed by atoms with Crippen LogP contribution in [0, 0.1) is 0 Å². The van der Waals surface area contributed by atoms with E-state index in [4.69, 9.17) is 19.9 Å². The van der Waals surface area contributed by atoms with Gasteiger partial charge in [0.2, 0.25) is 0 Å². The average Bonchev–Trinajstić information content (AvgIpc) is 2.41. The summed E-state index contributed by atoms with van der Waals surface area (Å²) in [7, 11) is 1.58. The molecule has 2 N–H and O–H groups in total. The Morgan fingerprint density at radius 2 is 2.16 bits per heavy atom. The Morgan fingerprint density at radius 3 is 2.74 bits per heavy atom. The zero-order chi connectivity index (χ0) is 14.3. The van der Waals surface area contributed by atoms with Crippen molar-refractivity contribution in [1.82, 2.24) is 0 Å². The number of carbonyl (C=O) groups is 1. The predicted octanol–water partition coefficient (Wildman–Crippen LogP) is 1.53. The predicted molar refractivity (Wildman–Crippen MR) is 72.5 cm³/mol. The van der Waals surface area contributed by atoms with E-state index in [0.29, 0.717) is 31.1 Å². The molecule has 1 aromatic carbocycles. The summed E-state index contributed by atoms with van der Waals surface area (Å²) in [5.74, 6) is 0.890. The van der Waals surface area contributed by atoms with Crippen LogP contribution in [0.1, 0.15) is 19.4 Å². The minimum atomic E-state index is -0.663. The summed E-state index contributed by atoms with van der Waals surface area (Å²) in [5.41, 5.74) is 6.50. The number of nitrogens with two attached hydrogens (primary N) is 1. The van der Waals surface area contributed by atoms with E-state index in [9.17, 15) is 4.79 Å². The van der Waals surface area contributed by atoms with Gasteiger partial charge in [0, 0.05) is 6.07 Å². The number of ether oxygens (including phenoxy) is 3. The van der Waals surface area contributed by atoms with Gasteiger partial charge in [-0.1, -0.05) is 6.07 Å². The van der Waals surface area contributed by atoms with Crippen LogP contribution in [-0.2, 0) is 16.0 Å². The van der Waals surface area contributed by atoms with Crippen molar-refractivity contribution >= 4 is 5.97 Å². The Hall–Kier alpha value is -1.75. The molecule has 0 aliphatic heterocycles. The summed E-state index contributed by atoms with van der Waals surface area (Å²) < 4.78 is 15.7. The highest BCUT2D eigenvalue weighted by atomic mass is 16.6. The molecular formula is C14H21NO4. The number of carbonyl (C=O) groups excluding carboxylic acids is 1. The van der Waals surface area contributed by atoms with E-state index in [1.807, 2.05) is 12.1 Å². The van der Waals surface area contributed by atoms with Gasteiger partial charge in [-0.3, -0.25) is 0 Å². The van der Waals surface area contributed by atoms with Crippen molar-refractivity contribution in [1.29, 1.82) is 0 Å². The van der Waals surface area contributed by atoms with E-state index in [0.717, 1.165) is 5.56 Å². The molecule has 0 saturated carbocycles. The zero-order valence-corrected chi connectivity index (χ0v) is 11.6. The molecule has 0 aromatic heterocycles. The molecule has 106 valence electrons. The number of hydrogen-bond donors (Lipinski definition) is 1. The van der Waals surface area contributed by atoms with Crippen molar-refractivity contribution in [2.45, 2.75) is 26.4 Å². The molecule has 0 radical (unpaired) electrons. The summed E-state index contributed by atoms with van der Waals surface area (Å²) in [5, 5.41) is 0. The maximum absolute atomic E-state index is 11.6. The lowest BCUT2D eigenvalue weighted by atomic mass is 10.1. The third-order valence-corrected chi connectivity index (χ3v) is 2.61. The number of esters is 1. The number of methoxy groups -OCH3 is 1. The van der Waals surface area contributed by atoms with Gasteiger partial charge >= 0.3 is 5.97 Å². The molecule has 0 amide bonds. The minimum Gasteiger partial charge on any atom is -0.497 e. The normalized spacial score (nSPS) is 11.8. The molecule has 19 heavy (non-hydrogen) atoms. The second kappa shape index (κ2) is 7.63. The molecule has 1 rings (SSSR count). The van der Waals surface area contributed by atoms with E-state index < -0.39 is 6.10 Å². The fourth-order valence-electron chi connectivity index (χ4n) is 1.63. The van der Waals surface area contributed by atoms with Crippen LogP contribution in [0.2, 0.25) is 0 Å². The summed E-state index contributed by atoms with van der Waals surface area (Å²) in [4.78, 5) is 11.6. The Balaban J connectivity index is 2.87. The highest BCUT2D eigenvalue weighted by Gasteiger charge is 2.17. The maximum atomic E-state index is 11.6. The smallest absolute Gasteiger partial charge is 0.347 e. The van der Waals surface area contributed by atoms with Gasteiger partial charge < -0.3 is 19.9 Å². The molecule has 1 unspecified atom stereocenters.